The maximum atomic E-state index is 11.0. The molecule has 2 aromatic heterocycles. The molecule has 0 spiro atoms. The van der Waals surface area contributed by atoms with Gasteiger partial charge in [-0.3, -0.25) is 0 Å². The molecule has 2 aromatic rings. The van der Waals surface area contributed by atoms with Crippen molar-refractivity contribution in [3.05, 3.63) is 23.1 Å². The zero-order valence-electron chi connectivity index (χ0n) is 10.4. The van der Waals surface area contributed by atoms with E-state index in [9.17, 15) is 4.79 Å². The normalized spacial score (nSPS) is 15.6. The second kappa shape index (κ2) is 5.18. The third kappa shape index (κ3) is 2.37. The SMILES string of the molecule is O=C(O)c1ccc2nc(Cl)nc(N3CCOCC3)c2n1. The molecule has 1 N–H and O–H groups in total. The molecule has 3 heterocycles. The lowest BCUT2D eigenvalue weighted by atomic mass is 10.2. The van der Waals surface area contributed by atoms with Crippen LogP contribution in [0.2, 0.25) is 5.28 Å². The van der Waals surface area contributed by atoms with Gasteiger partial charge >= 0.3 is 5.97 Å². The minimum atomic E-state index is -1.09. The molecule has 1 fully saturated rings. The molecule has 0 aliphatic carbocycles. The molecule has 3 rings (SSSR count). The fourth-order valence-electron chi connectivity index (χ4n) is 2.09. The van der Waals surface area contributed by atoms with E-state index in [1.54, 1.807) is 6.07 Å². The molecule has 0 unspecified atom stereocenters. The number of hydrogen-bond donors (Lipinski definition) is 1. The summed E-state index contributed by atoms with van der Waals surface area (Å²) in [6, 6.07) is 2.99. The maximum Gasteiger partial charge on any atom is 0.354 e. The first-order chi connectivity index (χ1) is 9.65. The molecular formula is C12H11ClN4O3. The van der Waals surface area contributed by atoms with Gasteiger partial charge in [-0.15, -0.1) is 0 Å². The molecular weight excluding hydrogens is 284 g/mol. The lowest BCUT2D eigenvalue weighted by Crippen LogP contribution is -2.37. The minimum absolute atomic E-state index is 0.0436. The van der Waals surface area contributed by atoms with Gasteiger partial charge in [-0.05, 0) is 23.7 Å². The average Bonchev–Trinajstić information content (AvgIpc) is 2.46. The van der Waals surface area contributed by atoms with Crippen LogP contribution < -0.4 is 4.90 Å². The van der Waals surface area contributed by atoms with Crippen LogP contribution >= 0.6 is 11.6 Å². The number of ether oxygens (including phenoxy) is 1. The molecule has 104 valence electrons. The molecule has 1 aliphatic rings. The number of aromatic carboxylic acids is 1. The van der Waals surface area contributed by atoms with Crippen LogP contribution in [0.25, 0.3) is 11.0 Å². The predicted molar refractivity (Wildman–Crippen MR) is 72.3 cm³/mol. The molecule has 0 saturated carbocycles. The Morgan fingerprint density at radius 2 is 2.00 bits per heavy atom. The van der Waals surface area contributed by atoms with Crippen molar-refractivity contribution in [2.24, 2.45) is 0 Å². The van der Waals surface area contributed by atoms with E-state index in [1.807, 2.05) is 4.90 Å². The summed E-state index contributed by atoms with van der Waals surface area (Å²) in [4.78, 5) is 25.4. The van der Waals surface area contributed by atoms with Crippen molar-refractivity contribution in [1.29, 1.82) is 0 Å². The van der Waals surface area contributed by atoms with Gasteiger partial charge in [0.25, 0.3) is 0 Å². The van der Waals surface area contributed by atoms with Crippen LogP contribution in [-0.2, 0) is 4.74 Å². The molecule has 0 amide bonds. The van der Waals surface area contributed by atoms with Gasteiger partial charge in [-0.2, -0.15) is 4.98 Å². The van der Waals surface area contributed by atoms with Gasteiger partial charge in [0, 0.05) is 13.1 Å². The van der Waals surface area contributed by atoms with Crippen molar-refractivity contribution >= 4 is 34.4 Å². The monoisotopic (exact) mass is 294 g/mol. The van der Waals surface area contributed by atoms with E-state index >= 15 is 0 Å². The number of aromatic nitrogens is 3. The van der Waals surface area contributed by atoms with Crippen LogP contribution in [0.1, 0.15) is 10.5 Å². The summed E-state index contributed by atoms with van der Waals surface area (Å²) >= 11 is 5.92. The number of hydrogen-bond acceptors (Lipinski definition) is 6. The Labute approximate surface area is 119 Å². The number of carbonyl (C=O) groups is 1. The highest BCUT2D eigenvalue weighted by Crippen LogP contribution is 2.24. The molecule has 1 saturated heterocycles. The van der Waals surface area contributed by atoms with Crippen molar-refractivity contribution in [1.82, 2.24) is 15.0 Å². The van der Waals surface area contributed by atoms with E-state index < -0.39 is 5.97 Å². The van der Waals surface area contributed by atoms with E-state index in [4.69, 9.17) is 21.4 Å². The van der Waals surface area contributed by atoms with Gasteiger partial charge in [0.1, 0.15) is 11.2 Å². The summed E-state index contributed by atoms with van der Waals surface area (Å²) in [5, 5.41) is 9.15. The van der Waals surface area contributed by atoms with Gasteiger partial charge in [0.2, 0.25) is 5.28 Å². The molecule has 1 aliphatic heterocycles. The largest absolute Gasteiger partial charge is 0.477 e. The first kappa shape index (κ1) is 13.0. The Kier molecular flexibility index (Phi) is 3.37. The number of carboxylic acids is 1. The standard InChI is InChI=1S/C12H11ClN4O3/c13-12-15-7-1-2-8(11(18)19)14-9(7)10(16-12)17-3-5-20-6-4-17/h1-2H,3-6H2,(H,18,19). The summed E-state index contributed by atoms with van der Waals surface area (Å²) in [7, 11) is 0. The van der Waals surface area contributed by atoms with E-state index in [2.05, 4.69) is 15.0 Å². The highest BCUT2D eigenvalue weighted by atomic mass is 35.5. The smallest absolute Gasteiger partial charge is 0.354 e. The summed E-state index contributed by atoms with van der Waals surface area (Å²) in [5.74, 6) is -0.541. The highest BCUT2D eigenvalue weighted by molar-refractivity contribution is 6.28. The van der Waals surface area contributed by atoms with Crippen molar-refractivity contribution < 1.29 is 14.6 Å². The summed E-state index contributed by atoms with van der Waals surface area (Å²) in [6.45, 7) is 2.48. The van der Waals surface area contributed by atoms with Gasteiger partial charge in [0.15, 0.2) is 5.82 Å². The zero-order valence-corrected chi connectivity index (χ0v) is 11.2. The van der Waals surface area contributed by atoms with E-state index in [0.29, 0.717) is 43.2 Å². The average molecular weight is 295 g/mol. The van der Waals surface area contributed by atoms with Gasteiger partial charge in [-0.25, -0.2) is 14.8 Å². The molecule has 0 bridgehead atoms. The van der Waals surface area contributed by atoms with Crippen LogP contribution in [-0.4, -0.2) is 52.3 Å². The fraction of sp³-hybridized carbons (Fsp3) is 0.333. The van der Waals surface area contributed by atoms with Crippen molar-refractivity contribution in [3.63, 3.8) is 0 Å². The van der Waals surface area contributed by atoms with Crippen molar-refractivity contribution in [2.75, 3.05) is 31.2 Å². The quantitative estimate of drug-likeness (QED) is 0.833. The third-order valence-electron chi connectivity index (χ3n) is 3.03. The van der Waals surface area contributed by atoms with Gasteiger partial charge < -0.3 is 14.7 Å². The first-order valence-electron chi connectivity index (χ1n) is 6.05. The maximum absolute atomic E-state index is 11.0. The highest BCUT2D eigenvalue weighted by Gasteiger charge is 2.19. The minimum Gasteiger partial charge on any atom is -0.477 e. The Balaban J connectivity index is 2.16. The van der Waals surface area contributed by atoms with Crippen LogP contribution in [0.5, 0.6) is 0 Å². The Hall–Kier alpha value is -1.99. The third-order valence-corrected chi connectivity index (χ3v) is 3.20. The number of anilines is 1. The Morgan fingerprint density at radius 3 is 2.70 bits per heavy atom. The van der Waals surface area contributed by atoms with E-state index in [0.717, 1.165) is 0 Å². The van der Waals surface area contributed by atoms with E-state index in [-0.39, 0.29) is 11.0 Å². The second-order valence-electron chi connectivity index (χ2n) is 4.29. The molecule has 0 aromatic carbocycles. The molecule has 0 radical (unpaired) electrons. The predicted octanol–water partition coefficient (Wildman–Crippen LogP) is 1.21. The Bertz CT molecular complexity index is 673. The van der Waals surface area contributed by atoms with Crippen LogP contribution in [0.3, 0.4) is 0 Å². The summed E-state index contributed by atoms with van der Waals surface area (Å²) in [5.41, 5.74) is 0.922. The lowest BCUT2D eigenvalue weighted by molar-refractivity contribution is 0.0691. The number of carboxylic acid groups (broad SMARTS) is 1. The van der Waals surface area contributed by atoms with Crippen molar-refractivity contribution in [3.8, 4) is 0 Å². The van der Waals surface area contributed by atoms with Gasteiger partial charge in [0.05, 0.1) is 18.7 Å². The molecule has 20 heavy (non-hydrogen) atoms. The number of rotatable bonds is 2. The molecule has 7 nitrogen and oxygen atoms in total. The zero-order chi connectivity index (χ0) is 14.1. The topological polar surface area (TPSA) is 88.4 Å². The Morgan fingerprint density at radius 1 is 1.25 bits per heavy atom. The second-order valence-corrected chi connectivity index (χ2v) is 4.62. The van der Waals surface area contributed by atoms with Crippen molar-refractivity contribution in [2.45, 2.75) is 0 Å². The number of morpholine rings is 1. The summed E-state index contributed by atoms with van der Waals surface area (Å²) in [6.07, 6.45) is 0. The lowest BCUT2D eigenvalue weighted by Gasteiger charge is -2.28. The number of nitrogens with zero attached hydrogens (tertiary/aromatic N) is 4. The fourth-order valence-corrected chi connectivity index (χ4v) is 2.26. The van der Waals surface area contributed by atoms with Gasteiger partial charge in [-0.1, -0.05) is 0 Å². The summed E-state index contributed by atoms with van der Waals surface area (Å²) < 4.78 is 5.29. The number of fused-ring (bicyclic) bond motifs is 1. The number of pyridine rings is 1. The molecule has 0 atom stereocenters. The first-order valence-corrected chi connectivity index (χ1v) is 6.43. The van der Waals surface area contributed by atoms with E-state index in [1.165, 1.54) is 6.07 Å². The molecule has 8 heteroatoms. The van der Waals surface area contributed by atoms with Crippen LogP contribution in [0.15, 0.2) is 12.1 Å². The number of halogens is 1. The van der Waals surface area contributed by atoms with Crippen LogP contribution in [0.4, 0.5) is 5.82 Å². The van der Waals surface area contributed by atoms with Crippen LogP contribution in [0, 0.1) is 0 Å².